The third-order valence-corrected chi connectivity index (χ3v) is 22.2. The molecule has 0 saturated heterocycles. The predicted molar refractivity (Wildman–Crippen MR) is 246 cm³/mol. The average molecular weight is 828 g/mol. The van der Waals surface area contributed by atoms with E-state index in [1.54, 1.807) is 20.3 Å². The predicted octanol–water partition coefficient (Wildman–Crippen LogP) is 10.3. The number of hydrogen-bond donors (Lipinski definition) is 1. The molecule has 9 heteroatoms. The fourth-order valence-corrected chi connectivity index (χ4v) is 14.3. The Bertz CT molecular complexity index is 1770. The Labute approximate surface area is 353 Å². The van der Waals surface area contributed by atoms with Crippen LogP contribution in [0.15, 0.2) is 97.1 Å². The molecule has 0 amide bonds. The molecule has 0 bridgehead atoms. The fraction of sp³-hybridized carbons (Fsp3) is 0.531. The Morgan fingerprint density at radius 1 is 0.845 bits per heavy atom. The van der Waals surface area contributed by atoms with E-state index in [2.05, 4.69) is 154 Å². The molecular formula is C49H73NO6Si2. The molecule has 4 rings (SSSR count). The zero-order chi connectivity index (χ0) is 42.9. The van der Waals surface area contributed by atoms with Crippen LogP contribution in [0.2, 0.25) is 23.2 Å². The molecule has 0 radical (unpaired) electrons. The number of cyclic esters (lactones) is 1. The molecule has 3 aromatic rings. The second kappa shape index (κ2) is 20.2. The Morgan fingerprint density at radius 3 is 1.95 bits per heavy atom. The van der Waals surface area contributed by atoms with Gasteiger partial charge in [0.2, 0.25) is 0 Å². The van der Waals surface area contributed by atoms with Gasteiger partial charge in [0.1, 0.15) is 23.2 Å². The lowest BCUT2D eigenvalue weighted by molar-refractivity contribution is -0.0225. The van der Waals surface area contributed by atoms with E-state index in [1.165, 1.54) is 10.4 Å². The number of carbonyl (C=O) groups excluding carboxylic acids is 1. The van der Waals surface area contributed by atoms with Crippen LogP contribution in [0.3, 0.4) is 0 Å². The van der Waals surface area contributed by atoms with Gasteiger partial charge in [-0.15, -0.1) is 0 Å². The summed E-state index contributed by atoms with van der Waals surface area (Å²) < 4.78 is 33.6. The maximum atomic E-state index is 14.9. The summed E-state index contributed by atoms with van der Waals surface area (Å²) in [5.74, 6) is 0.769. The number of carbonyl (C=O) groups is 1. The van der Waals surface area contributed by atoms with Crippen LogP contribution in [-0.2, 0) is 20.0 Å². The van der Waals surface area contributed by atoms with Crippen LogP contribution in [0.25, 0.3) is 0 Å². The van der Waals surface area contributed by atoms with E-state index in [0.29, 0.717) is 36.4 Å². The van der Waals surface area contributed by atoms with Crippen LogP contribution in [0.1, 0.15) is 97.5 Å². The molecule has 2 N–H and O–H groups in total. The number of hydrogen-bond acceptors (Lipinski definition) is 7. The minimum absolute atomic E-state index is 0.00936. The standard InChI is InChI=1S/C49H73NO6Si2/c1-35-24-20-21-30-42(37(3)46(36(2)25-22-23-31-50)56-57(12,13)48(4,5)6)54-47(51)45-38(32-39(52-10)34-44(45)53-11)33-43(35)55-58(49(7,8)9,40-26-16-14-17-27-40)41-28-18-15-19-29-41/h14-23,26-29,32,34-37,42-43,46H,24-25,30-31,33,50H2,1-13H3/b21-20-,23-22-/t35-,36+,37+,42-,43+,46+/m0/s1. The topological polar surface area (TPSA) is 89.2 Å². The molecule has 1 aliphatic rings. The second-order valence-corrected chi connectivity index (χ2v) is 27.9. The van der Waals surface area contributed by atoms with Crippen molar-refractivity contribution in [3.8, 4) is 11.5 Å². The summed E-state index contributed by atoms with van der Waals surface area (Å²) in [6.07, 6.45) is 10.4. The first kappa shape index (κ1) is 47.2. The molecular weight excluding hydrogens is 755 g/mol. The highest BCUT2D eigenvalue weighted by Crippen LogP contribution is 2.43. The lowest BCUT2D eigenvalue weighted by Crippen LogP contribution is -2.68. The van der Waals surface area contributed by atoms with Crippen LogP contribution < -0.4 is 25.6 Å². The van der Waals surface area contributed by atoms with E-state index in [1.807, 2.05) is 12.1 Å². The molecule has 0 unspecified atom stereocenters. The Morgan fingerprint density at radius 2 is 1.43 bits per heavy atom. The van der Waals surface area contributed by atoms with Crippen LogP contribution >= 0.6 is 0 Å². The third-order valence-electron chi connectivity index (χ3n) is 12.6. The molecule has 0 spiro atoms. The number of benzene rings is 3. The first-order valence-electron chi connectivity index (χ1n) is 21.2. The maximum Gasteiger partial charge on any atom is 0.342 e. The summed E-state index contributed by atoms with van der Waals surface area (Å²) in [5.41, 5.74) is 7.02. The van der Waals surface area contributed by atoms with Crippen molar-refractivity contribution in [2.75, 3.05) is 20.8 Å². The molecule has 0 aliphatic carbocycles. The van der Waals surface area contributed by atoms with E-state index in [0.717, 1.165) is 18.4 Å². The van der Waals surface area contributed by atoms with E-state index in [9.17, 15) is 4.79 Å². The highest BCUT2D eigenvalue weighted by atomic mass is 28.4. The van der Waals surface area contributed by atoms with Gasteiger partial charge in [0.25, 0.3) is 8.32 Å². The zero-order valence-electron chi connectivity index (χ0n) is 37.8. The number of methoxy groups -OCH3 is 2. The summed E-state index contributed by atoms with van der Waals surface area (Å²) in [6.45, 7) is 25.5. The van der Waals surface area contributed by atoms with Crippen LogP contribution in [-0.4, -0.2) is 61.7 Å². The van der Waals surface area contributed by atoms with E-state index in [4.69, 9.17) is 28.8 Å². The van der Waals surface area contributed by atoms with Gasteiger partial charge in [0, 0.05) is 24.9 Å². The Hall–Kier alpha value is -3.48. The lowest BCUT2D eigenvalue weighted by atomic mass is 9.85. The van der Waals surface area contributed by atoms with Crippen molar-refractivity contribution < 1.29 is 27.9 Å². The average Bonchev–Trinajstić information content (AvgIpc) is 3.18. The lowest BCUT2D eigenvalue weighted by Gasteiger charge is -2.46. The first-order valence-corrected chi connectivity index (χ1v) is 26.1. The van der Waals surface area contributed by atoms with Gasteiger partial charge in [-0.2, -0.15) is 0 Å². The van der Waals surface area contributed by atoms with Crippen LogP contribution in [0, 0.1) is 17.8 Å². The number of allylic oxidation sites excluding steroid dienone is 2. The number of ether oxygens (including phenoxy) is 3. The SMILES string of the molecule is COc1cc2c(c(OC)c1)C(=O)O[C@H]([C@@H](C)[C@H](O[Si](C)(C)C(C)(C)C)[C@H](C)C/C=C\CN)C/C=C\C[C@H](C)[C@H](O[Si](c1ccccc1)(c1ccccc1)C(C)(C)C)C2. The molecule has 0 saturated carbocycles. The van der Waals surface area contributed by atoms with Gasteiger partial charge in [-0.1, -0.05) is 147 Å². The van der Waals surface area contributed by atoms with E-state index < -0.39 is 28.7 Å². The Balaban J connectivity index is 1.87. The monoisotopic (exact) mass is 827 g/mol. The van der Waals surface area contributed by atoms with Gasteiger partial charge in [0.05, 0.1) is 26.4 Å². The zero-order valence-corrected chi connectivity index (χ0v) is 39.8. The number of nitrogens with two attached hydrogens (primary N) is 1. The van der Waals surface area contributed by atoms with Crippen LogP contribution in [0.4, 0.5) is 0 Å². The van der Waals surface area contributed by atoms with E-state index in [-0.39, 0.29) is 40.0 Å². The molecule has 0 aromatic heterocycles. The molecule has 1 heterocycles. The summed E-state index contributed by atoms with van der Waals surface area (Å²) in [7, 11) is -1.94. The van der Waals surface area contributed by atoms with Crippen molar-refractivity contribution in [3.63, 3.8) is 0 Å². The maximum absolute atomic E-state index is 14.9. The number of fused-ring (bicyclic) bond motifs is 1. The van der Waals surface area contributed by atoms with Gasteiger partial charge in [-0.3, -0.25) is 0 Å². The van der Waals surface area contributed by atoms with Gasteiger partial charge in [-0.25, -0.2) is 4.79 Å². The summed E-state index contributed by atoms with van der Waals surface area (Å²) in [4.78, 5) is 14.9. The molecule has 6 atom stereocenters. The first-order chi connectivity index (χ1) is 27.3. The number of rotatable bonds is 14. The molecule has 318 valence electrons. The normalized spacial score (nSPS) is 20.9. The van der Waals surface area contributed by atoms with Crippen molar-refractivity contribution in [3.05, 3.63) is 108 Å². The molecule has 58 heavy (non-hydrogen) atoms. The van der Waals surface area contributed by atoms with Crippen molar-refractivity contribution in [1.82, 2.24) is 0 Å². The van der Waals surface area contributed by atoms with Crippen molar-refractivity contribution in [2.24, 2.45) is 23.5 Å². The van der Waals surface area contributed by atoms with Crippen molar-refractivity contribution in [1.29, 1.82) is 0 Å². The third kappa shape index (κ3) is 11.0. The van der Waals surface area contributed by atoms with Crippen molar-refractivity contribution >= 4 is 33.0 Å². The molecule has 3 aromatic carbocycles. The molecule has 7 nitrogen and oxygen atoms in total. The summed E-state index contributed by atoms with van der Waals surface area (Å²) >= 11 is 0. The highest BCUT2D eigenvalue weighted by Gasteiger charge is 2.52. The Kier molecular flexibility index (Phi) is 16.4. The van der Waals surface area contributed by atoms with Gasteiger partial charge >= 0.3 is 5.97 Å². The largest absolute Gasteiger partial charge is 0.497 e. The van der Waals surface area contributed by atoms with E-state index >= 15 is 0 Å². The molecule has 1 aliphatic heterocycles. The summed E-state index contributed by atoms with van der Waals surface area (Å²) in [5, 5.41) is 2.20. The minimum Gasteiger partial charge on any atom is -0.497 e. The highest BCUT2D eigenvalue weighted by molar-refractivity contribution is 6.99. The van der Waals surface area contributed by atoms with Crippen molar-refractivity contribution in [2.45, 2.75) is 129 Å². The minimum atomic E-state index is -2.97. The smallest absolute Gasteiger partial charge is 0.342 e. The number of esters is 1. The second-order valence-electron chi connectivity index (χ2n) is 18.9. The van der Waals surface area contributed by atoms with Crippen LogP contribution in [0.5, 0.6) is 11.5 Å². The fourth-order valence-electron chi connectivity index (χ4n) is 8.08. The quantitative estimate of drug-likeness (QED) is 0.0984. The van der Waals surface area contributed by atoms with Gasteiger partial charge in [-0.05, 0) is 76.3 Å². The summed E-state index contributed by atoms with van der Waals surface area (Å²) in [6, 6.07) is 25.2. The van der Waals surface area contributed by atoms with Gasteiger partial charge in [0.15, 0.2) is 8.32 Å². The van der Waals surface area contributed by atoms with Gasteiger partial charge < -0.3 is 28.8 Å². The molecule has 0 fully saturated rings.